The van der Waals surface area contributed by atoms with Gasteiger partial charge in [0.15, 0.2) is 0 Å². The summed E-state index contributed by atoms with van der Waals surface area (Å²) in [5, 5.41) is 5.04. The van der Waals surface area contributed by atoms with Gasteiger partial charge in [0.25, 0.3) is 0 Å². The Morgan fingerprint density at radius 3 is 2.75 bits per heavy atom. The highest BCUT2D eigenvalue weighted by molar-refractivity contribution is 6.03. The lowest BCUT2D eigenvalue weighted by atomic mass is 10.0. The summed E-state index contributed by atoms with van der Waals surface area (Å²) in [6.45, 7) is 2.11. The molecule has 0 saturated carbocycles. The van der Waals surface area contributed by atoms with Gasteiger partial charge in [-0.15, -0.1) is 0 Å². The molecule has 1 unspecified atom stereocenters. The molecule has 5 heteroatoms. The minimum absolute atomic E-state index is 0.158. The first-order valence-corrected chi connectivity index (χ1v) is 3.67. The summed E-state index contributed by atoms with van der Waals surface area (Å²) >= 11 is 0. The van der Waals surface area contributed by atoms with E-state index in [2.05, 4.69) is 10.6 Å². The van der Waals surface area contributed by atoms with Crippen molar-refractivity contribution in [3.05, 3.63) is 0 Å². The fourth-order valence-electron chi connectivity index (χ4n) is 1.07. The van der Waals surface area contributed by atoms with Crippen molar-refractivity contribution in [2.75, 3.05) is 20.3 Å². The number of carbonyl (C=O) groups is 2. The number of piperazine rings is 1. The predicted molar refractivity (Wildman–Crippen MR) is 41.4 cm³/mol. The number of methoxy groups -OCH3 is 1. The van der Waals surface area contributed by atoms with E-state index < -0.39 is 5.54 Å². The third-order valence-electron chi connectivity index (χ3n) is 1.83. The van der Waals surface area contributed by atoms with Gasteiger partial charge in [-0.3, -0.25) is 20.2 Å². The van der Waals surface area contributed by atoms with Gasteiger partial charge in [0.2, 0.25) is 11.8 Å². The zero-order valence-electron chi connectivity index (χ0n) is 7.14. The molecule has 0 aliphatic carbocycles. The van der Waals surface area contributed by atoms with Crippen LogP contribution in [0.1, 0.15) is 6.92 Å². The highest BCUT2D eigenvalue weighted by atomic mass is 16.5. The van der Waals surface area contributed by atoms with Gasteiger partial charge in [0.05, 0.1) is 13.2 Å². The summed E-state index contributed by atoms with van der Waals surface area (Å²) in [6, 6.07) is 0. The molecular weight excluding hydrogens is 160 g/mol. The first-order chi connectivity index (χ1) is 5.58. The van der Waals surface area contributed by atoms with Gasteiger partial charge in [-0.25, -0.2) is 0 Å². The Labute approximate surface area is 70.5 Å². The lowest BCUT2D eigenvalue weighted by Gasteiger charge is -2.31. The molecule has 2 N–H and O–H groups in total. The fraction of sp³-hybridized carbons (Fsp3) is 0.714. The van der Waals surface area contributed by atoms with Crippen LogP contribution in [-0.4, -0.2) is 37.6 Å². The third kappa shape index (κ3) is 1.62. The minimum Gasteiger partial charge on any atom is -0.382 e. The fourth-order valence-corrected chi connectivity index (χ4v) is 1.07. The lowest BCUT2D eigenvalue weighted by molar-refractivity contribution is -0.139. The summed E-state index contributed by atoms with van der Waals surface area (Å²) in [5.74, 6) is -0.630. The standard InChI is InChI=1S/C7H12N2O3/c1-7(4-12-2)6(11)9-5(10)3-8-7/h8H,3-4H2,1-2H3,(H,9,10,11). The van der Waals surface area contributed by atoms with Crippen molar-refractivity contribution in [2.24, 2.45) is 0 Å². The molecule has 0 bridgehead atoms. The van der Waals surface area contributed by atoms with E-state index >= 15 is 0 Å². The van der Waals surface area contributed by atoms with Crippen LogP contribution in [0.5, 0.6) is 0 Å². The average Bonchev–Trinajstić information content (AvgIpc) is 1.99. The molecule has 0 aromatic rings. The van der Waals surface area contributed by atoms with E-state index in [1.165, 1.54) is 7.11 Å². The van der Waals surface area contributed by atoms with Crippen LogP contribution in [0.2, 0.25) is 0 Å². The number of imide groups is 1. The first kappa shape index (κ1) is 9.15. The second-order valence-corrected chi connectivity index (χ2v) is 3.00. The normalized spacial score (nSPS) is 30.2. The summed E-state index contributed by atoms with van der Waals surface area (Å²) in [5.41, 5.74) is -0.775. The number of rotatable bonds is 2. The van der Waals surface area contributed by atoms with Crippen LogP contribution in [0.3, 0.4) is 0 Å². The maximum Gasteiger partial charge on any atom is 0.249 e. The van der Waals surface area contributed by atoms with Crippen molar-refractivity contribution in [1.29, 1.82) is 0 Å². The molecule has 0 aromatic heterocycles. The van der Waals surface area contributed by atoms with Crippen molar-refractivity contribution >= 4 is 11.8 Å². The number of carbonyl (C=O) groups excluding carboxylic acids is 2. The van der Waals surface area contributed by atoms with Crippen LogP contribution in [0.25, 0.3) is 0 Å². The van der Waals surface area contributed by atoms with Gasteiger partial charge in [0.1, 0.15) is 5.54 Å². The van der Waals surface area contributed by atoms with Crippen molar-refractivity contribution < 1.29 is 14.3 Å². The lowest BCUT2D eigenvalue weighted by Crippen LogP contribution is -2.65. The zero-order valence-corrected chi connectivity index (χ0v) is 7.14. The Hall–Kier alpha value is -0.940. The summed E-state index contributed by atoms with van der Waals surface area (Å²) in [7, 11) is 1.51. The maximum atomic E-state index is 11.2. The molecule has 1 atom stereocenters. The monoisotopic (exact) mass is 172 g/mol. The Morgan fingerprint density at radius 1 is 1.58 bits per heavy atom. The summed E-state index contributed by atoms with van der Waals surface area (Å²) < 4.78 is 4.86. The van der Waals surface area contributed by atoms with E-state index in [9.17, 15) is 9.59 Å². The van der Waals surface area contributed by atoms with E-state index in [0.29, 0.717) is 0 Å². The van der Waals surface area contributed by atoms with Gasteiger partial charge in [0, 0.05) is 7.11 Å². The molecule has 68 valence electrons. The largest absolute Gasteiger partial charge is 0.382 e. The van der Waals surface area contributed by atoms with Crippen molar-refractivity contribution in [2.45, 2.75) is 12.5 Å². The van der Waals surface area contributed by atoms with Crippen LogP contribution in [-0.2, 0) is 14.3 Å². The zero-order chi connectivity index (χ0) is 9.19. The van der Waals surface area contributed by atoms with E-state index in [4.69, 9.17) is 4.74 Å². The molecule has 1 rings (SSSR count). The number of nitrogens with one attached hydrogen (secondary N) is 2. The summed E-state index contributed by atoms with van der Waals surface area (Å²) in [6.07, 6.45) is 0. The first-order valence-electron chi connectivity index (χ1n) is 3.67. The molecule has 0 aromatic carbocycles. The molecule has 1 fully saturated rings. The van der Waals surface area contributed by atoms with Crippen LogP contribution >= 0.6 is 0 Å². The van der Waals surface area contributed by atoms with Crippen molar-refractivity contribution in [3.63, 3.8) is 0 Å². The average molecular weight is 172 g/mol. The Bertz CT molecular complexity index is 217. The topological polar surface area (TPSA) is 67.4 Å². The van der Waals surface area contributed by atoms with Gasteiger partial charge >= 0.3 is 0 Å². The highest BCUT2D eigenvalue weighted by Gasteiger charge is 2.37. The van der Waals surface area contributed by atoms with Crippen LogP contribution in [0.4, 0.5) is 0 Å². The smallest absolute Gasteiger partial charge is 0.249 e. The number of hydrogen-bond donors (Lipinski definition) is 2. The van der Waals surface area contributed by atoms with Gasteiger partial charge in [-0.1, -0.05) is 0 Å². The van der Waals surface area contributed by atoms with Gasteiger partial charge in [-0.2, -0.15) is 0 Å². The van der Waals surface area contributed by atoms with E-state index in [-0.39, 0.29) is 25.0 Å². The third-order valence-corrected chi connectivity index (χ3v) is 1.83. The number of amides is 2. The molecule has 5 nitrogen and oxygen atoms in total. The summed E-state index contributed by atoms with van der Waals surface area (Å²) in [4.78, 5) is 22.0. The van der Waals surface area contributed by atoms with E-state index in [1.807, 2.05) is 0 Å². The molecule has 0 spiro atoms. The second-order valence-electron chi connectivity index (χ2n) is 3.00. The molecule has 12 heavy (non-hydrogen) atoms. The van der Waals surface area contributed by atoms with Gasteiger partial charge < -0.3 is 4.74 Å². The van der Waals surface area contributed by atoms with Gasteiger partial charge in [-0.05, 0) is 6.92 Å². The number of ether oxygens (including phenoxy) is 1. The van der Waals surface area contributed by atoms with E-state index in [0.717, 1.165) is 0 Å². The maximum absolute atomic E-state index is 11.2. The molecule has 1 aliphatic heterocycles. The van der Waals surface area contributed by atoms with Crippen LogP contribution in [0, 0.1) is 0 Å². The molecule has 1 aliphatic rings. The SMILES string of the molecule is COCC1(C)NCC(=O)NC1=O. The molecule has 1 heterocycles. The molecule has 2 amide bonds. The van der Waals surface area contributed by atoms with Crippen LogP contribution in [0.15, 0.2) is 0 Å². The number of hydrogen-bond acceptors (Lipinski definition) is 4. The van der Waals surface area contributed by atoms with E-state index in [1.54, 1.807) is 6.92 Å². The molecule has 0 radical (unpaired) electrons. The van der Waals surface area contributed by atoms with Crippen molar-refractivity contribution in [3.8, 4) is 0 Å². The Kier molecular flexibility index (Phi) is 2.44. The van der Waals surface area contributed by atoms with Crippen LogP contribution < -0.4 is 10.6 Å². The molecule has 1 saturated heterocycles. The predicted octanol–water partition coefficient (Wildman–Crippen LogP) is -1.36. The Balaban J connectivity index is 2.66. The Morgan fingerprint density at radius 2 is 2.25 bits per heavy atom. The van der Waals surface area contributed by atoms with Crippen molar-refractivity contribution in [1.82, 2.24) is 10.6 Å². The quantitative estimate of drug-likeness (QED) is 0.505. The molecular formula is C7H12N2O3. The minimum atomic E-state index is -0.775. The highest BCUT2D eigenvalue weighted by Crippen LogP contribution is 2.06. The second kappa shape index (κ2) is 3.20.